The number of aryl methyl sites for hydroxylation is 1. The fourth-order valence-electron chi connectivity index (χ4n) is 5.57. The average Bonchev–Trinajstić information content (AvgIpc) is 3.80. The van der Waals surface area contributed by atoms with E-state index in [2.05, 4.69) is 20.6 Å². The zero-order valence-electron chi connectivity index (χ0n) is 28.6. The summed E-state index contributed by atoms with van der Waals surface area (Å²) in [6.45, 7) is 8.84. The van der Waals surface area contributed by atoms with Crippen molar-refractivity contribution in [2.75, 3.05) is 18.6 Å². The van der Waals surface area contributed by atoms with Gasteiger partial charge in [-0.1, -0.05) is 46.8 Å². The number of methoxy groups -OCH3 is 1. The molecule has 2 amide bonds. The molecule has 0 radical (unpaired) electrons. The Morgan fingerprint density at radius 1 is 0.960 bits per heavy atom. The van der Waals surface area contributed by atoms with Crippen molar-refractivity contribution >= 4 is 17.9 Å². The molecule has 50 heavy (non-hydrogen) atoms. The van der Waals surface area contributed by atoms with Crippen molar-refractivity contribution in [2.24, 2.45) is 0 Å². The molecule has 0 bridgehead atoms. The Labute approximate surface area is 289 Å². The van der Waals surface area contributed by atoms with Crippen LogP contribution in [0.15, 0.2) is 79.1 Å². The Morgan fingerprint density at radius 2 is 1.66 bits per heavy atom. The van der Waals surface area contributed by atoms with Gasteiger partial charge in [-0.15, -0.1) is 10.2 Å². The van der Waals surface area contributed by atoms with E-state index in [1.807, 2.05) is 64.1 Å². The van der Waals surface area contributed by atoms with Gasteiger partial charge in [-0.2, -0.15) is 0 Å². The number of aromatic nitrogens is 6. The molecule has 0 spiro atoms. The molecule has 5 aromatic rings. The largest absolute Gasteiger partial charge is 0.497 e. The summed E-state index contributed by atoms with van der Waals surface area (Å²) in [5.74, 6) is 0.277. The summed E-state index contributed by atoms with van der Waals surface area (Å²) in [6, 6.07) is 19.6. The van der Waals surface area contributed by atoms with Crippen molar-refractivity contribution in [1.29, 1.82) is 0 Å². The van der Waals surface area contributed by atoms with Gasteiger partial charge < -0.3 is 14.2 Å². The highest BCUT2D eigenvalue weighted by molar-refractivity contribution is 5.90. The first-order valence-corrected chi connectivity index (χ1v) is 16.2. The van der Waals surface area contributed by atoms with Gasteiger partial charge in [0.05, 0.1) is 62.8 Å². The first-order valence-electron chi connectivity index (χ1n) is 16.2. The van der Waals surface area contributed by atoms with Crippen molar-refractivity contribution < 1.29 is 28.2 Å². The van der Waals surface area contributed by atoms with E-state index in [4.69, 9.17) is 14.2 Å². The minimum Gasteiger partial charge on any atom is -0.497 e. The first kappa shape index (κ1) is 34.1. The molecular formula is C36H39FN8O5. The van der Waals surface area contributed by atoms with E-state index in [-0.39, 0.29) is 19.6 Å². The molecule has 1 atom stereocenters. The van der Waals surface area contributed by atoms with Crippen LogP contribution in [-0.2, 0) is 35.7 Å². The number of hydrogen-bond acceptors (Lipinski definition) is 9. The smallest absolute Gasteiger partial charge is 0.414 e. The second kappa shape index (κ2) is 14.4. The molecule has 3 aromatic carbocycles. The first-order chi connectivity index (χ1) is 24.0. The monoisotopic (exact) mass is 682 g/mol. The fourth-order valence-corrected chi connectivity index (χ4v) is 5.57. The molecule has 0 unspecified atom stereocenters. The summed E-state index contributed by atoms with van der Waals surface area (Å²) in [5, 5.41) is 16.2. The molecule has 14 heteroatoms. The Bertz CT molecular complexity index is 1950. The molecule has 1 saturated heterocycles. The van der Waals surface area contributed by atoms with Crippen molar-refractivity contribution in [2.45, 2.75) is 65.6 Å². The third kappa shape index (κ3) is 8.08. The predicted octanol–water partition coefficient (Wildman–Crippen LogP) is 6.00. The number of benzene rings is 3. The number of rotatable bonds is 11. The maximum Gasteiger partial charge on any atom is 0.414 e. The number of ether oxygens (including phenoxy) is 3. The van der Waals surface area contributed by atoms with E-state index < -0.39 is 29.7 Å². The molecule has 1 fully saturated rings. The topological polar surface area (TPSA) is 130 Å². The second-order valence-corrected chi connectivity index (χ2v) is 13.1. The van der Waals surface area contributed by atoms with E-state index in [0.29, 0.717) is 29.9 Å². The van der Waals surface area contributed by atoms with Crippen molar-refractivity contribution in [3.05, 3.63) is 107 Å². The summed E-state index contributed by atoms with van der Waals surface area (Å²) in [7, 11) is 1.62. The highest BCUT2D eigenvalue weighted by Gasteiger charge is 2.33. The van der Waals surface area contributed by atoms with Crippen molar-refractivity contribution in [3.8, 4) is 16.9 Å². The van der Waals surface area contributed by atoms with Gasteiger partial charge in [0.1, 0.15) is 23.3 Å². The molecule has 0 saturated carbocycles. The number of halogens is 1. The minimum atomic E-state index is -0.701. The summed E-state index contributed by atoms with van der Waals surface area (Å²) in [5.41, 5.74) is 4.12. The van der Waals surface area contributed by atoms with Gasteiger partial charge in [-0.3, -0.25) is 9.80 Å². The van der Waals surface area contributed by atoms with Crippen LogP contribution in [0.2, 0.25) is 0 Å². The zero-order chi connectivity index (χ0) is 35.4. The molecule has 1 aliphatic heterocycles. The minimum absolute atomic E-state index is 0.203. The van der Waals surface area contributed by atoms with E-state index in [1.54, 1.807) is 58.0 Å². The van der Waals surface area contributed by atoms with Gasteiger partial charge in [0.15, 0.2) is 0 Å². The lowest BCUT2D eigenvalue weighted by atomic mass is 10.0. The molecule has 260 valence electrons. The molecule has 0 N–H and O–H groups in total. The quantitative estimate of drug-likeness (QED) is 0.165. The second-order valence-electron chi connectivity index (χ2n) is 13.1. The summed E-state index contributed by atoms with van der Waals surface area (Å²) in [4.78, 5) is 29.0. The maximum absolute atomic E-state index is 15.5. The summed E-state index contributed by atoms with van der Waals surface area (Å²) >= 11 is 0. The Kier molecular flexibility index (Phi) is 9.79. The highest BCUT2D eigenvalue weighted by Crippen LogP contribution is 2.30. The van der Waals surface area contributed by atoms with Gasteiger partial charge in [0.2, 0.25) is 0 Å². The van der Waals surface area contributed by atoms with Gasteiger partial charge >= 0.3 is 12.2 Å². The standard InChI is InChI=1S/C36H39FN8O5/c1-24-17-38-40-44(24)23-31-22-43(35(47)49-31)28-12-15-32(33(37)16-28)27-10-6-25(7-11-27)19-42(34(46)50-36(2,3)4)21-29-18-39-41-45(29)20-26-8-13-30(48-5)14-9-26/h6-18,31H,19-23H2,1-5H3/t31-/m1/s1. The third-order valence-corrected chi connectivity index (χ3v) is 8.16. The number of nitrogens with zero attached hydrogens (tertiary/aromatic N) is 8. The molecule has 2 aromatic heterocycles. The Hall–Kier alpha value is -5.79. The van der Waals surface area contributed by atoms with Gasteiger partial charge in [-0.05, 0) is 74.7 Å². The van der Waals surface area contributed by atoms with Crippen LogP contribution in [0.25, 0.3) is 11.1 Å². The van der Waals surface area contributed by atoms with Crippen LogP contribution in [0.4, 0.5) is 19.7 Å². The SMILES string of the molecule is COc1ccc(Cn2nncc2CN(Cc2ccc(-c3ccc(N4C[C@H](Cn5nncc5C)OC4=O)cc3F)cc2)C(=O)OC(C)(C)C)cc1. The maximum atomic E-state index is 15.5. The Morgan fingerprint density at radius 3 is 2.32 bits per heavy atom. The lowest BCUT2D eigenvalue weighted by Gasteiger charge is -2.27. The third-order valence-electron chi connectivity index (χ3n) is 8.16. The highest BCUT2D eigenvalue weighted by atomic mass is 19.1. The zero-order valence-corrected chi connectivity index (χ0v) is 28.6. The fraction of sp³-hybridized carbons (Fsp3) is 0.333. The van der Waals surface area contributed by atoms with Gasteiger partial charge in [-0.25, -0.2) is 23.3 Å². The van der Waals surface area contributed by atoms with Crippen LogP contribution in [0.3, 0.4) is 0 Å². The van der Waals surface area contributed by atoms with Crippen molar-refractivity contribution in [1.82, 2.24) is 34.9 Å². The van der Waals surface area contributed by atoms with Gasteiger partial charge in [0, 0.05) is 12.1 Å². The summed E-state index contributed by atoms with van der Waals surface area (Å²) < 4.78 is 35.4. The average molecular weight is 683 g/mol. The van der Waals surface area contributed by atoms with E-state index in [9.17, 15) is 9.59 Å². The van der Waals surface area contributed by atoms with Crippen LogP contribution in [0, 0.1) is 12.7 Å². The number of carbonyl (C=O) groups excluding carboxylic acids is 2. The van der Waals surface area contributed by atoms with Crippen LogP contribution in [-0.4, -0.2) is 72.4 Å². The lowest BCUT2D eigenvalue weighted by Crippen LogP contribution is -2.36. The van der Waals surface area contributed by atoms with E-state index in [0.717, 1.165) is 28.3 Å². The normalized spacial score (nSPS) is 14.5. The molecule has 0 aliphatic carbocycles. The lowest BCUT2D eigenvalue weighted by molar-refractivity contribution is 0.0211. The van der Waals surface area contributed by atoms with E-state index >= 15 is 4.39 Å². The van der Waals surface area contributed by atoms with Crippen LogP contribution in [0.5, 0.6) is 5.75 Å². The molecule has 1 aliphatic rings. The molecule has 6 rings (SSSR count). The predicted molar refractivity (Wildman–Crippen MR) is 182 cm³/mol. The number of amides is 2. The molecule has 13 nitrogen and oxygen atoms in total. The summed E-state index contributed by atoms with van der Waals surface area (Å²) in [6.07, 6.45) is 1.80. The molecule has 3 heterocycles. The number of hydrogen-bond donors (Lipinski definition) is 0. The number of cyclic esters (lactones) is 1. The van der Waals surface area contributed by atoms with Gasteiger partial charge in [0.25, 0.3) is 0 Å². The Balaban J connectivity index is 1.15. The van der Waals surface area contributed by atoms with E-state index in [1.165, 1.54) is 11.0 Å². The number of anilines is 1. The number of carbonyl (C=O) groups is 2. The molecular weight excluding hydrogens is 643 g/mol. The van der Waals surface area contributed by atoms with Crippen LogP contribution < -0.4 is 9.64 Å². The van der Waals surface area contributed by atoms with Crippen LogP contribution in [0.1, 0.15) is 43.3 Å². The van der Waals surface area contributed by atoms with Crippen molar-refractivity contribution in [3.63, 3.8) is 0 Å². The van der Waals surface area contributed by atoms with Crippen LogP contribution >= 0.6 is 0 Å².